The standard InChI is InChI=1S/C24H23NO/c1-18(19-9-4-3-5-10-19)25-16-15-20-11-6-7-14-23(20)24(25)21-12-8-13-22(17-21)26-2/h3-18,24H,1-2H3/t18-,24+/m1/s1. The summed E-state index contributed by atoms with van der Waals surface area (Å²) in [6.45, 7) is 2.26. The van der Waals surface area contributed by atoms with Gasteiger partial charge in [0.15, 0.2) is 0 Å². The van der Waals surface area contributed by atoms with Crippen molar-refractivity contribution in [2.45, 2.75) is 19.0 Å². The first-order chi connectivity index (χ1) is 12.8. The SMILES string of the molecule is COc1cccc([C@H]2c3ccccc3C=CN2[C@H](C)c2ccccc2)c1. The second-order valence-corrected chi connectivity index (χ2v) is 6.66. The predicted octanol–water partition coefficient (Wildman–Crippen LogP) is 5.83. The van der Waals surface area contributed by atoms with Gasteiger partial charge in [0.05, 0.1) is 19.2 Å². The van der Waals surface area contributed by atoms with Crippen molar-refractivity contribution in [2.75, 3.05) is 7.11 Å². The average Bonchev–Trinajstić information content (AvgIpc) is 2.73. The first-order valence-electron chi connectivity index (χ1n) is 9.01. The fraction of sp³-hybridized carbons (Fsp3) is 0.167. The summed E-state index contributed by atoms with van der Waals surface area (Å²) in [6, 6.07) is 28.1. The Morgan fingerprint density at radius 3 is 2.46 bits per heavy atom. The van der Waals surface area contributed by atoms with Gasteiger partial charge in [0, 0.05) is 6.20 Å². The van der Waals surface area contributed by atoms with Crippen LogP contribution in [0.15, 0.2) is 85.1 Å². The highest BCUT2D eigenvalue weighted by molar-refractivity contribution is 5.59. The molecule has 26 heavy (non-hydrogen) atoms. The zero-order valence-corrected chi connectivity index (χ0v) is 15.2. The second-order valence-electron chi connectivity index (χ2n) is 6.66. The highest BCUT2D eigenvalue weighted by atomic mass is 16.5. The molecule has 0 spiro atoms. The summed E-state index contributed by atoms with van der Waals surface area (Å²) in [5.41, 5.74) is 5.15. The van der Waals surface area contributed by atoms with Crippen LogP contribution in [-0.2, 0) is 0 Å². The van der Waals surface area contributed by atoms with Gasteiger partial charge in [-0.2, -0.15) is 0 Å². The Kier molecular flexibility index (Phi) is 4.49. The van der Waals surface area contributed by atoms with E-state index in [9.17, 15) is 0 Å². The van der Waals surface area contributed by atoms with Crippen molar-refractivity contribution in [3.05, 3.63) is 107 Å². The van der Waals surface area contributed by atoms with Gasteiger partial charge in [0.25, 0.3) is 0 Å². The summed E-state index contributed by atoms with van der Waals surface area (Å²) < 4.78 is 5.48. The molecule has 3 aromatic carbocycles. The molecule has 0 N–H and O–H groups in total. The molecule has 0 unspecified atom stereocenters. The fourth-order valence-electron chi connectivity index (χ4n) is 3.74. The normalized spacial score (nSPS) is 16.8. The number of methoxy groups -OCH3 is 1. The lowest BCUT2D eigenvalue weighted by molar-refractivity contribution is 0.246. The Labute approximate surface area is 155 Å². The van der Waals surface area contributed by atoms with E-state index in [0.717, 1.165) is 5.75 Å². The van der Waals surface area contributed by atoms with E-state index >= 15 is 0 Å². The molecule has 0 saturated carbocycles. The molecule has 0 aromatic heterocycles. The molecule has 2 nitrogen and oxygen atoms in total. The third-order valence-electron chi connectivity index (χ3n) is 5.15. The topological polar surface area (TPSA) is 12.5 Å². The number of nitrogens with zero attached hydrogens (tertiary/aromatic N) is 1. The van der Waals surface area contributed by atoms with E-state index in [1.165, 1.54) is 22.3 Å². The maximum absolute atomic E-state index is 5.48. The molecular weight excluding hydrogens is 318 g/mol. The minimum atomic E-state index is 0.154. The third kappa shape index (κ3) is 2.99. The average molecular weight is 341 g/mol. The summed E-state index contributed by atoms with van der Waals surface area (Å²) in [6.07, 6.45) is 4.44. The van der Waals surface area contributed by atoms with Gasteiger partial charge < -0.3 is 9.64 Å². The Hall–Kier alpha value is -3.00. The van der Waals surface area contributed by atoms with Crippen LogP contribution in [-0.4, -0.2) is 12.0 Å². The molecule has 0 radical (unpaired) electrons. The molecule has 0 amide bonds. The lowest BCUT2D eigenvalue weighted by Crippen LogP contribution is -2.30. The van der Waals surface area contributed by atoms with Crippen LogP contribution in [0.3, 0.4) is 0 Å². The van der Waals surface area contributed by atoms with Crippen molar-refractivity contribution in [3.8, 4) is 5.75 Å². The van der Waals surface area contributed by atoms with Gasteiger partial charge in [-0.15, -0.1) is 0 Å². The minimum absolute atomic E-state index is 0.154. The molecule has 0 fully saturated rings. The number of fused-ring (bicyclic) bond motifs is 1. The number of rotatable bonds is 4. The van der Waals surface area contributed by atoms with Crippen molar-refractivity contribution in [3.63, 3.8) is 0 Å². The Morgan fingerprint density at radius 1 is 0.885 bits per heavy atom. The van der Waals surface area contributed by atoms with Crippen LogP contribution >= 0.6 is 0 Å². The van der Waals surface area contributed by atoms with Crippen LogP contribution in [0.4, 0.5) is 0 Å². The Balaban J connectivity index is 1.82. The molecule has 0 saturated heterocycles. The van der Waals surface area contributed by atoms with Crippen LogP contribution in [0.25, 0.3) is 6.08 Å². The van der Waals surface area contributed by atoms with Gasteiger partial charge >= 0.3 is 0 Å². The van der Waals surface area contributed by atoms with E-state index in [4.69, 9.17) is 4.74 Å². The monoisotopic (exact) mass is 341 g/mol. The van der Waals surface area contributed by atoms with Gasteiger partial charge in [-0.25, -0.2) is 0 Å². The molecule has 1 heterocycles. The fourth-order valence-corrected chi connectivity index (χ4v) is 3.74. The van der Waals surface area contributed by atoms with Crippen LogP contribution < -0.4 is 4.74 Å². The van der Waals surface area contributed by atoms with Crippen molar-refractivity contribution in [1.82, 2.24) is 4.90 Å². The van der Waals surface area contributed by atoms with Crippen LogP contribution in [0, 0.1) is 0 Å². The van der Waals surface area contributed by atoms with Gasteiger partial charge in [-0.1, -0.05) is 66.7 Å². The third-order valence-corrected chi connectivity index (χ3v) is 5.15. The summed E-state index contributed by atoms with van der Waals surface area (Å²) in [5, 5.41) is 0. The Morgan fingerprint density at radius 2 is 1.65 bits per heavy atom. The van der Waals surface area contributed by atoms with Crippen molar-refractivity contribution in [2.24, 2.45) is 0 Å². The highest BCUT2D eigenvalue weighted by Gasteiger charge is 2.29. The zero-order valence-electron chi connectivity index (χ0n) is 15.2. The summed E-state index contributed by atoms with van der Waals surface area (Å²) in [4.78, 5) is 2.44. The summed E-state index contributed by atoms with van der Waals surface area (Å²) >= 11 is 0. The molecule has 4 rings (SSSR count). The maximum atomic E-state index is 5.48. The van der Waals surface area contributed by atoms with E-state index in [1.54, 1.807) is 7.11 Å². The predicted molar refractivity (Wildman–Crippen MR) is 107 cm³/mol. The van der Waals surface area contributed by atoms with Crippen LogP contribution in [0.2, 0.25) is 0 Å². The number of benzene rings is 3. The lowest BCUT2D eigenvalue weighted by atomic mass is 9.89. The van der Waals surface area contributed by atoms with Gasteiger partial charge in [0.1, 0.15) is 5.75 Å². The quantitative estimate of drug-likeness (QED) is 0.592. The van der Waals surface area contributed by atoms with E-state index in [-0.39, 0.29) is 12.1 Å². The molecule has 1 aliphatic rings. The molecule has 2 atom stereocenters. The van der Waals surface area contributed by atoms with Crippen LogP contribution in [0.1, 0.15) is 41.3 Å². The summed E-state index contributed by atoms with van der Waals surface area (Å²) in [5.74, 6) is 0.891. The Bertz CT molecular complexity index is 916. The van der Waals surface area contributed by atoms with Gasteiger partial charge in [-0.05, 0) is 47.4 Å². The number of ether oxygens (including phenoxy) is 1. The number of hydrogen-bond donors (Lipinski definition) is 0. The minimum Gasteiger partial charge on any atom is -0.497 e. The molecule has 130 valence electrons. The molecular formula is C24H23NO. The van der Waals surface area contributed by atoms with Crippen molar-refractivity contribution in [1.29, 1.82) is 0 Å². The van der Waals surface area contributed by atoms with Gasteiger partial charge in [-0.3, -0.25) is 0 Å². The van der Waals surface area contributed by atoms with Gasteiger partial charge in [0.2, 0.25) is 0 Å². The largest absolute Gasteiger partial charge is 0.497 e. The second kappa shape index (κ2) is 7.09. The molecule has 2 heteroatoms. The van der Waals surface area contributed by atoms with Crippen LogP contribution in [0.5, 0.6) is 5.75 Å². The van der Waals surface area contributed by atoms with Crippen molar-refractivity contribution >= 4 is 6.08 Å². The van der Waals surface area contributed by atoms with E-state index in [1.807, 2.05) is 6.07 Å². The lowest BCUT2D eigenvalue weighted by Gasteiger charge is -2.39. The molecule has 3 aromatic rings. The first kappa shape index (κ1) is 16.5. The summed E-state index contributed by atoms with van der Waals surface area (Å²) in [7, 11) is 1.72. The maximum Gasteiger partial charge on any atom is 0.119 e. The van der Waals surface area contributed by atoms with Crippen molar-refractivity contribution < 1.29 is 4.74 Å². The smallest absolute Gasteiger partial charge is 0.119 e. The van der Waals surface area contributed by atoms with E-state index < -0.39 is 0 Å². The van der Waals surface area contributed by atoms with E-state index in [2.05, 4.69) is 96.9 Å². The first-order valence-corrected chi connectivity index (χ1v) is 9.01. The zero-order chi connectivity index (χ0) is 17.9. The highest BCUT2D eigenvalue weighted by Crippen LogP contribution is 2.41. The molecule has 1 aliphatic heterocycles. The number of hydrogen-bond acceptors (Lipinski definition) is 2. The molecule has 0 bridgehead atoms. The molecule has 0 aliphatic carbocycles. The van der Waals surface area contributed by atoms with E-state index in [0.29, 0.717) is 0 Å².